The highest BCUT2D eigenvalue weighted by molar-refractivity contribution is 5.82. The third-order valence-electron chi connectivity index (χ3n) is 2.20. The summed E-state index contributed by atoms with van der Waals surface area (Å²) in [6.07, 6.45) is 3.56. The zero-order chi connectivity index (χ0) is 12.7. The van der Waals surface area contributed by atoms with Crippen molar-refractivity contribution in [1.29, 1.82) is 0 Å². The maximum atomic E-state index is 11.6. The van der Waals surface area contributed by atoms with Crippen LogP contribution in [0.3, 0.4) is 0 Å². The summed E-state index contributed by atoms with van der Waals surface area (Å²) in [5.74, 6) is 1.35. The van der Waals surface area contributed by atoms with Crippen LogP contribution >= 0.6 is 0 Å². The van der Waals surface area contributed by atoms with E-state index in [1.54, 1.807) is 10.8 Å². The van der Waals surface area contributed by atoms with E-state index in [0.29, 0.717) is 25.4 Å². The smallest absolute Gasteiger partial charge is 0.154 e. The molecule has 0 atom stereocenters. The lowest BCUT2D eigenvalue weighted by Crippen LogP contribution is -2.25. The lowest BCUT2D eigenvalue weighted by atomic mass is 10.2. The third-order valence-corrected chi connectivity index (χ3v) is 2.20. The van der Waals surface area contributed by atoms with Crippen LogP contribution in [-0.4, -0.2) is 33.6 Å². The van der Waals surface area contributed by atoms with Crippen LogP contribution in [0.25, 0.3) is 0 Å². The topological polar surface area (TPSA) is 59.8 Å². The first-order valence-electron chi connectivity index (χ1n) is 5.83. The fraction of sp³-hybridized carbons (Fsp3) is 0.583. The Hall–Kier alpha value is -1.49. The highest BCUT2D eigenvalue weighted by Gasteiger charge is 2.10. The van der Waals surface area contributed by atoms with Crippen molar-refractivity contribution in [2.75, 3.05) is 13.1 Å². The molecule has 1 aromatic heterocycles. The first kappa shape index (κ1) is 13.6. The van der Waals surface area contributed by atoms with Crippen molar-refractivity contribution < 1.29 is 4.79 Å². The van der Waals surface area contributed by atoms with Gasteiger partial charge in [-0.2, -0.15) is 5.10 Å². The van der Waals surface area contributed by atoms with Crippen LogP contribution in [0.2, 0.25) is 0 Å². The van der Waals surface area contributed by atoms with E-state index in [1.165, 1.54) is 6.33 Å². The fourth-order valence-corrected chi connectivity index (χ4v) is 1.48. The van der Waals surface area contributed by atoms with Gasteiger partial charge >= 0.3 is 0 Å². The van der Waals surface area contributed by atoms with Gasteiger partial charge in [0.2, 0.25) is 0 Å². The minimum Gasteiger partial charge on any atom is -0.307 e. The van der Waals surface area contributed by atoms with Crippen molar-refractivity contribution in [3.05, 3.63) is 24.8 Å². The Morgan fingerprint density at radius 3 is 3.06 bits per heavy atom. The SMILES string of the molecule is C=CCNCC(=O)Cc1ncnn1CC(C)C. The molecule has 17 heavy (non-hydrogen) atoms. The molecule has 94 valence electrons. The number of Topliss-reactive ketones (excluding diaryl/α,β-unsaturated/α-hetero) is 1. The summed E-state index contributed by atoms with van der Waals surface area (Å²) < 4.78 is 1.80. The number of aromatic nitrogens is 3. The number of hydrogen-bond acceptors (Lipinski definition) is 4. The number of hydrogen-bond donors (Lipinski definition) is 1. The molecule has 1 N–H and O–H groups in total. The van der Waals surface area contributed by atoms with E-state index in [4.69, 9.17) is 0 Å². The lowest BCUT2D eigenvalue weighted by molar-refractivity contribution is -0.117. The van der Waals surface area contributed by atoms with Crippen LogP contribution in [0.15, 0.2) is 19.0 Å². The molecule has 0 fully saturated rings. The molecule has 0 unspecified atom stereocenters. The predicted molar refractivity (Wildman–Crippen MR) is 66.6 cm³/mol. The summed E-state index contributed by atoms with van der Waals surface area (Å²) in [4.78, 5) is 15.8. The van der Waals surface area contributed by atoms with Gasteiger partial charge in [0.15, 0.2) is 5.78 Å². The number of nitrogens with zero attached hydrogens (tertiary/aromatic N) is 3. The molecule has 5 nitrogen and oxygen atoms in total. The zero-order valence-electron chi connectivity index (χ0n) is 10.5. The van der Waals surface area contributed by atoms with Crippen molar-refractivity contribution in [2.45, 2.75) is 26.8 Å². The van der Waals surface area contributed by atoms with Crippen LogP contribution in [0, 0.1) is 5.92 Å². The molecule has 0 aliphatic rings. The van der Waals surface area contributed by atoms with E-state index in [2.05, 4.69) is 35.8 Å². The molecule has 0 bridgehead atoms. The second-order valence-corrected chi connectivity index (χ2v) is 4.39. The fourth-order valence-electron chi connectivity index (χ4n) is 1.48. The predicted octanol–water partition coefficient (Wildman–Crippen LogP) is 0.821. The molecular weight excluding hydrogens is 216 g/mol. The van der Waals surface area contributed by atoms with Gasteiger partial charge in [0, 0.05) is 13.1 Å². The standard InChI is InChI=1S/C12H20N4O/c1-4-5-13-7-11(17)6-12-14-9-15-16(12)8-10(2)3/h4,9-10,13H,1,5-8H2,2-3H3. The van der Waals surface area contributed by atoms with Gasteiger partial charge in [0.1, 0.15) is 12.2 Å². The van der Waals surface area contributed by atoms with Crippen molar-refractivity contribution in [2.24, 2.45) is 5.92 Å². The van der Waals surface area contributed by atoms with E-state index in [-0.39, 0.29) is 5.78 Å². The van der Waals surface area contributed by atoms with Gasteiger partial charge in [-0.3, -0.25) is 4.79 Å². The summed E-state index contributed by atoms with van der Waals surface area (Å²) in [5, 5.41) is 7.11. The summed E-state index contributed by atoms with van der Waals surface area (Å²) in [5.41, 5.74) is 0. The monoisotopic (exact) mass is 236 g/mol. The van der Waals surface area contributed by atoms with Crippen molar-refractivity contribution >= 4 is 5.78 Å². The maximum Gasteiger partial charge on any atom is 0.154 e. The number of rotatable bonds is 8. The normalized spacial score (nSPS) is 10.8. The molecule has 1 aromatic rings. The number of carbonyl (C=O) groups excluding carboxylic acids is 1. The Balaban J connectivity index is 2.47. The van der Waals surface area contributed by atoms with Crippen LogP contribution in [0.1, 0.15) is 19.7 Å². The largest absolute Gasteiger partial charge is 0.307 e. The molecule has 0 amide bonds. The minimum atomic E-state index is 0.116. The molecule has 1 heterocycles. The molecule has 1 rings (SSSR count). The molecular formula is C12H20N4O. The van der Waals surface area contributed by atoms with Crippen LogP contribution < -0.4 is 5.32 Å². The third kappa shape index (κ3) is 4.91. The molecule has 0 saturated heterocycles. The van der Waals surface area contributed by atoms with E-state index in [0.717, 1.165) is 12.4 Å². The molecule has 0 spiro atoms. The molecule has 0 aliphatic heterocycles. The van der Waals surface area contributed by atoms with E-state index in [9.17, 15) is 4.79 Å². The van der Waals surface area contributed by atoms with Gasteiger partial charge in [-0.25, -0.2) is 9.67 Å². The van der Waals surface area contributed by atoms with Crippen molar-refractivity contribution in [1.82, 2.24) is 20.1 Å². The van der Waals surface area contributed by atoms with Crippen LogP contribution in [0.5, 0.6) is 0 Å². The van der Waals surface area contributed by atoms with Gasteiger partial charge in [-0.15, -0.1) is 6.58 Å². The second kappa shape index (κ2) is 6.96. The Bertz CT molecular complexity index is 370. The molecule has 0 radical (unpaired) electrons. The number of nitrogens with one attached hydrogen (secondary N) is 1. The van der Waals surface area contributed by atoms with Crippen molar-refractivity contribution in [3.63, 3.8) is 0 Å². The average Bonchev–Trinajstić information content (AvgIpc) is 2.65. The highest BCUT2D eigenvalue weighted by atomic mass is 16.1. The van der Waals surface area contributed by atoms with Crippen LogP contribution in [-0.2, 0) is 17.8 Å². The van der Waals surface area contributed by atoms with Crippen molar-refractivity contribution in [3.8, 4) is 0 Å². The first-order chi connectivity index (χ1) is 8.13. The zero-order valence-corrected chi connectivity index (χ0v) is 10.5. The van der Waals surface area contributed by atoms with Gasteiger partial charge in [-0.1, -0.05) is 19.9 Å². The number of carbonyl (C=O) groups is 1. The first-order valence-corrected chi connectivity index (χ1v) is 5.83. The summed E-state index contributed by atoms with van der Waals surface area (Å²) in [6, 6.07) is 0. The Morgan fingerprint density at radius 2 is 2.41 bits per heavy atom. The van der Waals surface area contributed by atoms with Gasteiger partial charge in [-0.05, 0) is 5.92 Å². The Morgan fingerprint density at radius 1 is 1.65 bits per heavy atom. The van der Waals surface area contributed by atoms with Gasteiger partial charge < -0.3 is 5.32 Å². The molecule has 0 aliphatic carbocycles. The lowest BCUT2D eigenvalue weighted by Gasteiger charge is -2.08. The number of ketones is 1. The Labute approximate surface area is 102 Å². The maximum absolute atomic E-state index is 11.6. The molecule has 5 heteroatoms. The van der Waals surface area contributed by atoms with Crippen LogP contribution in [0.4, 0.5) is 0 Å². The summed E-state index contributed by atoms with van der Waals surface area (Å²) >= 11 is 0. The van der Waals surface area contributed by atoms with E-state index in [1.807, 2.05) is 0 Å². The Kier molecular flexibility index (Phi) is 5.56. The molecule has 0 aromatic carbocycles. The summed E-state index contributed by atoms with van der Waals surface area (Å²) in [6.45, 7) is 9.59. The van der Waals surface area contributed by atoms with E-state index < -0.39 is 0 Å². The van der Waals surface area contributed by atoms with E-state index >= 15 is 0 Å². The summed E-state index contributed by atoms with van der Waals surface area (Å²) in [7, 11) is 0. The highest BCUT2D eigenvalue weighted by Crippen LogP contribution is 2.02. The van der Waals surface area contributed by atoms with Gasteiger partial charge in [0.25, 0.3) is 0 Å². The minimum absolute atomic E-state index is 0.116. The van der Waals surface area contributed by atoms with Gasteiger partial charge in [0.05, 0.1) is 13.0 Å². The second-order valence-electron chi connectivity index (χ2n) is 4.39. The average molecular weight is 236 g/mol. The quantitative estimate of drug-likeness (QED) is 0.536. The molecule has 0 saturated carbocycles.